The fourth-order valence-corrected chi connectivity index (χ4v) is 5.01. The van der Waals surface area contributed by atoms with Crippen LogP contribution in [0.15, 0.2) is 63.9 Å². The SMILES string of the molecule is COc1ccc(Cn2c(SCc3c(F)cccc3Cl)nc3ccsc3c2=O)cc1. The number of thiophene rings is 1. The monoisotopic (exact) mass is 446 g/mol. The minimum Gasteiger partial charge on any atom is -0.497 e. The highest BCUT2D eigenvalue weighted by Crippen LogP contribution is 2.29. The van der Waals surface area contributed by atoms with Gasteiger partial charge in [-0.05, 0) is 41.3 Å². The van der Waals surface area contributed by atoms with Gasteiger partial charge >= 0.3 is 0 Å². The number of benzene rings is 2. The number of aromatic nitrogens is 2. The topological polar surface area (TPSA) is 44.1 Å². The van der Waals surface area contributed by atoms with Gasteiger partial charge in [-0.15, -0.1) is 11.3 Å². The molecule has 148 valence electrons. The highest BCUT2D eigenvalue weighted by Gasteiger charge is 2.15. The summed E-state index contributed by atoms with van der Waals surface area (Å²) in [5, 5.41) is 2.73. The molecule has 0 N–H and O–H groups in total. The van der Waals surface area contributed by atoms with Gasteiger partial charge in [0.2, 0.25) is 0 Å². The van der Waals surface area contributed by atoms with Gasteiger partial charge in [0.15, 0.2) is 5.16 Å². The lowest BCUT2D eigenvalue weighted by Gasteiger charge is -2.13. The first-order valence-electron chi connectivity index (χ1n) is 8.73. The van der Waals surface area contributed by atoms with E-state index >= 15 is 0 Å². The maximum atomic E-state index is 14.2. The third-order valence-electron chi connectivity index (χ3n) is 4.44. The van der Waals surface area contributed by atoms with Gasteiger partial charge in [0, 0.05) is 16.3 Å². The number of hydrogen-bond acceptors (Lipinski definition) is 5. The molecule has 2 aromatic heterocycles. The third-order valence-corrected chi connectivity index (χ3v) is 6.69. The standard InChI is InChI=1S/C21H16ClFN2O2S2/c1-27-14-7-5-13(6-8-14)11-25-20(26)19-18(9-10-28-19)24-21(25)29-12-15-16(22)3-2-4-17(15)23/h2-10H,11-12H2,1H3. The van der Waals surface area contributed by atoms with Crippen LogP contribution in [0.25, 0.3) is 10.2 Å². The molecule has 4 aromatic rings. The summed E-state index contributed by atoms with van der Waals surface area (Å²) in [7, 11) is 1.61. The Bertz CT molecular complexity index is 1200. The average molecular weight is 447 g/mol. The Morgan fingerprint density at radius 2 is 2.00 bits per heavy atom. The van der Waals surface area contributed by atoms with Crippen molar-refractivity contribution in [1.29, 1.82) is 0 Å². The summed E-state index contributed by atoms with van der Waals surface area (Å²) in [6.45, 7) is 0.358. The molecule has 0 radical (unpaired) electrons. The number of fused-ring (bicyclic) bond motifs is 1. The zero-order valence-corrected chi connectivity index (χ0v) is 17.8. The van der Waals surface area contributed by atoms with Gasteiger partial charge in [0.1, 0.15) is 16.3 Å². The van der Waals surface area contributed by atoms with Crippen molar-refractivity contribution in [3.63, 3.8) is 0 Å². The van der Waals surface area contributed by atoms with E-state index in [1.165, 1.54) is 29.2 Å². The lowest BCUT2D eigenvalue weighted by Crippen LogP contribution is -2.23. The van der Waals surface area contributed by atoms with Gasteiger partial charge in [0.05, 0.1) is 19.2 Å². The van der Waals surface area contributed by atoms with Crippen LogP contribution >= 0.6 is 34.7 Å². The molecular formula is C21H16ClFN2O2S2. The van der Waals surface area contributed by atoms with E-state index < -0.39 is 0 Å². The van der Waals surface area contributed by atoms with E-state index in [-0.39, 0.29) is 17.1 Å². The molecule has 4 rings (SSSR count). The number of thioether (sulfide) groups is 1. The van der Waals surface area contributed by atoms with Crippen LogP contribution in [0, 0.1) is 5.82 Å². The smallest absolute Gasteiger partial charge is 0.272 e. The Labute approximate surface area is 179 Å². The quantitative estimate of drug-likeness (QED) is 0.285. The normalized spacial score (nSPS) is 11.1. The number of halogens is 2. The van der Waals surface area contributed by atoms with Crippen molar-refractivity contribution < 1.29 is 9.13 Å². The van der Waals surface area contributed by atoms with Crippen LogP contribution in [0.1, 0.15) is 11.1 Å². The summed E-state index contributed by atoms with van der Waals surface area (Å²) >= 11 is 8.81. The van der Waals surface area contributed by atoms with Crippen LogP contribution in [0.3, 0.4) is 0 Å². The molecule has 29 heavy (non-hydrogen) atoms. The Hall–Kier alpha value is -2.35. The highest BCUT2D eigenvalue weighted by molar-refractivity contribution is 7.98. The third kappa shape index (κ3) is 4.17. The zero-order chi connectivity index (χ0) is 20.4. The van der Waals surface area contributed by atoms with E-state index in [1.807, 2.05) is 35.7 Å². The van der Waals surface area contributed by atoms with Crippen molar-refractivity contribution in [3.05, 3.63) is 86.2 Å². The second-order valence-corrected chi connectivity index (χ2v) is 8.52. The first-order valence-corrected chi connectivity index (χ1v) is 11.0. The summed E-state index contributed by atoms with van der Waals surface area (Å²) in [6.07, 6.45) is 0. The van der Waals surface area contributed by atoms with Crippen molar-refractivity contribution in [2.75, 3.05) is 7.11 Å². The van der Waals surface area contributed by atoms with Gasteiger partial charge in [-0.1, -0.05) is 41.6 Å². The number of ether oxygens (including phenoxy) is 1. The molecule has 0 amide bonds. The molecule has 0 atom stereocenters. The Morgan fingerprint density at radius 3 is 2.72 bits per heavy atom. The van der Waals surface area contributed by atoms with E-state index in [0.717, 1.165) is 11.3 Å². The lowest BCUT2D eigenvalue weighted by molar-refractivity contribution is 0.414. The van der Waals surface area contributed by atoms with Crippen molar-refractivity contribution in [2.45, 2.75) is 17.5 Å². The molecule has 0 aliphatic heterocycles. The molecule has 8 heteroatoms. The number of methoxy groups -OCH3 is 1. The Balaban J connectivity index is 1.71. The predicted octanol–water partition coefficient (Wildman–Crippen LogP) is 5.60. The zero-order valence-electron chi connectivity index (χ0n) is 15.4. The van der Waals surface area contributed by atoms with Crippen LogP contribution in [0.2, 0.25) is 5.02 Å². The average Bonchev–Trinajstić information content (AvgIpc) is 3.19. The van der Waals surface area contributed by atoms with Gasteiger partial charge in [-0.2, -0.15) is 0 Å². The fraction of sp³-hybridized carbons (Fsp3) is 0.143. The minimum absolute atomic E-state index is 0.108. The van der Waals surface area contributed by atoms with Crippen molar-refractivity contribution in [1.82, 2.24) is 9.55 Å². The van der Waals surface area contributed by atoms with Crippen LogP contribution in [0.5, 0.6) is 5.75 Å². The molecule has 0 spiro atoms. The molecule has 0 aliphatic carbocycles. The van der Waals surface area contributed by atoms with Crippen LogP contribution < -0.4 is 10.3 Å². The highest BCUT2D eigenvalue weighted by atomic mass is 35.5. The van der Waals surface area contributed by atoms with E-state index in [2.05, 4.69) is 4.98 Å². The van der Waals surface area contributed by atoms with Gasteiger partial charge in [-0.3, -0.25) is 9.36 Å². The van der Waals surface area contributed by atoms with Crippen LogP contribution in [0.4, 0.5) is 4.39 Å². The van der Waals surface area contributed by atoms with E-state index in [4.69, 9.17) is 16.3 Å². The largest absolute Gasteiger partial charge is 0.497 e. The summed E-state index contributed by atoms with van der Waals surface area (Å²) < 4.78 is 21.6. The molecule has 2 aromatic carbocycles. The first-order chi connectivity index (χ1) is 14.1. The molecule has 2 heterocycles. The second-order valence-electron chi connectivity index (χ2n) is 6.26. The molecule has 4 nitrogen and oxygen atoms in total. The van der Waals surface area contributed by atoms with E-state index in [0.29, 0.717) is 32.5 Å². The van der Waals surface area contributed by atoms with E-state index in [1.54, 1.807) is 23.8 Å². The van der Waals surface area contributed by atoms with Crippen molar-refractivity contribution in [2.24, 2.45) is 0 Å². The maximum Gasteiger partial charge on any atom is 0.272 e. The summed E-state index contributed by atoms with van der Waals surface area (Å²) in [6, 6.07) is 13.9. The lowest BCUT2D eigenvalue weighted by atomic mass is 10.2. The number of hydrogen-bond donors (Lipinski definition) is 0. The van der Waals surface area contributed by atoms with Gasteiger partial charge in [-0.25, -0.2) is 9.37 Å². The molecule has 0 unspecified atom stereocenters. The second kappa shape index (κ2) is 8.57. The van der Waals surface area contributed by atoms with Gasteiger partial charge in [0.25, 0.3) is 5.56 Å². The summed E-state index contributed by atoms with van der Waals surface area (Å²) in [5.41, 5.74) is 1.88. The predicted molar refractivity (Wildman–Crippen MR) is 117 cm³/mol. The first kappa shape index (κ1) is 19.9. The fourth-order valence-electron chi connectivity index (χ4n) is 2.89. The molecule has 0 saturated heterocycles. The van der Waals surface area contributed by atoms with E-state index in [9.17, 15) is 9.18 Å². The Kier molecular flexibility index (Phi) is 5.89. The number of nitrogens with zero attached hydrogens (tertiary/aromatic N) is 2. The Morgan fingerprint density at radius 1 is 1.21 bits per heavy atom. The minimum atomic E-state index is -0.370. The van der Waals surface area contributed by atoms with Crippen LogP contribution in [-0.2, 0) is 12.3 Å². The molecular weight excluding hydrogens is 431 g/mol. The summed E-state index contributed by atoms with van der Waals surface area (Å²) in [5.74, 6) is 0.651. The van der Waals surface area contributed by atoms with Crippen LogP contribution in [-0.4, -0.2) is 16.7 Å². The van der Waals surface area contributed by atoms with Crippen molar-refractivity contribution in [3.8, 4) is 5.75 Å². The molecule has 0 aliphatic rings. The molecule has 0 saturated carbocycles. The number of rotatable bonds is 6. The van der Waals surface area contributed by atoms with Crippen molar-refractivity contribution >= 4 is 44.9 Å². The molecule has 0 bridgehead atoms. The summed E-state index contributed by atoms with van der Waals surface area (Å²) in [4.78, 5) is 17.7. The molecule has 0 fully saturated rings. The maximum absolute atomic E-state index is 14.2. The van der Waals surface area contributed by atoms with Gasteiger partial charge < -0.3 is 4.74 Å².